The smallest absolute Gasteiger partial charge is 0.421 e. The lowest BCUT2D eigenvalue weighted by Gasteiger charge is -2.25. The number of hydrogen-bond donors (Lipinski definition) is 5. The Kier molecular flexibility index (Phi) is 28.4. The van der Waals surface area contributed by atoms with Gasteiger partial charge in [0.1, 0.15) is 34.1 Å². The number of aromatic nitrogens is 17. The standard InChI is InChI=1S/C24H20F3N3O3.C23H24N4O4.C21H20N4O4.C20H21N3O3.C20H23N3O3/c1-4-18-28-29-21(33-18)19-14(2)12-17-20(19)15(13-30(3)22(17)31)10-11-23(32,24(25,26)27)16-8-6-5-7-9-16;1-12(2)20-24-25-21(30-20)18-13(3)9-16-19(18)15(11-27(6)22(16)28)7-8-23(5,29)17-10-14(4)31-26-17;1-11-8-15-18(17(11)19-23-22-13(3)28-19)14(10-25(5)20(15)26)6-7-21(4,27)16-9-12(2)29-24-16;1-11-9-15-17(16(11)18-22-21-12(2)26-18)13(10-23(4)19(15)24)7-8-20(3,25)14-5-6-14;1-11(2)17-21-22-18(26-17)15-12(3)9-14-16(15)13(7-8-20(4,5)25)10-23(6)19(14)24/h5-9,13,32H,4,12H2,1-3H3;10-12,29H,9H2,1-6H3;9-10,27H,8H2,1-5H3;10,14,25H,5-6,9H2,1-4H3;10-11,25H,9H2,1-6H3/t;23-;21-;;/m.11../s1. The van der Waals surface area contributed by atoms with E-state index >= 15 is 0 Å². The van der Waals surface area contributed by atoms with Crippen LogP contribution in [0.1, 0.15) is 299 Å². The summed E-state index contributed by atoms with van der Waals surface area (Å²) in [6, 6.07) is 9.92. The number of fused-ring (bicyclic) bond motifs is 5. The van der Waals surface area contributed by atoms with E-state index < -0.39 is 39.7 Å². The normalized spacial score (nSPS) is 15.5. The number of allylic oxidation sites excluding steroid dienone is 5. The Morgan fingerprint density at radius 2 is 0.690 bits per heavy atom. The number of hydrogen-bond acceptors (Lipinski definition) is 29. The van der Waals surface area contributed by atoms with Gasteiger partial charge in [-0.3, -0.25) is 24.0 Å². The van der Waals surface area contributed by atoms with Crippen molar-refractivity contribution in [3.63, 3.8) is 0 Å². The van der Waals surface area contributed by atoms with E-state index in [-0.39, 0.29) is 63.4 Å². The topological polar surface area (TPSA) is 458 Å². The van der Waals surface area contributed by atoms with E-state index in [1.165, 1.54) is 43.6 Å². The number of alkyl halides is 3. The number of benzene rings is 1. The van der Waals surface area contributed by atoms with Crippen LogP contribution in [0.4, 0.5) is 13.2 Å². The summed E-state index contributed by atoms with van der Waals surface area (Å²) in [4.78, 5) is 63.6. The quantitative estimate of drug-likeness (QED) is 0.0709. The maximum atomic E-state index is 13.9. The average molecular weight is 1970 g/mol. The van der Waals surface area contributed by atoms with Crippen LogP contribution in [0.15, 0.2) is 156 Å². The Labute approximate surface area is 830 Å². The summed E-state index contributed by atoms with van der Waals surface area (Å²) in [5.74, 6) is 34.0. The van der Waals surface area contributed by atoms with Crippen molar-refractivity contribution in [2.75, 3.05) is 0 Å². The van der Waals surface area contributed by atoms with Crippen LogP contribution in [0.2, 0.25) is 0 Å². The molecule has 1 saturated carbocycles. The van der Waals surface area contributed by atoms with E-state index in [0.717, 1.165) is 86.3 Å². The first-order chi connectivity index (χ1) is 68.2. The zero-order valence-electron chi connectivity index (χ0n) is 84.7. The van der Waals surface area contributed by atoms with Crippen molar-refractivity contribution in [1.82, 2.24) is 84.1 Å². The number of aryl methyl sites for hydroxylation is 10. The van der Waals surface area contributed by atoms with Crippen LogP contribution >= 0.6 is 0 Å². The van der Waals surface area contributed by atoms with Crippen LogP contribution in [0.25, 0.3) is 27.9 Å². The molecule has 0 spiro atoms. The largest absolute Gasteiger partial charge is 0.433 e. The van der Waals surface area contributed by atoms with Gasteiger partial charge in [-0.25, -0.2) is 0 Å². The molecule has 1 fully saturated rings. The first-order valence-electron chi connectivity index (χ1n) is 46.7. The molecule has 0 aliphatic heterocycles. The summed E-state index contributed by atoms with van der Waals surface area (Å²) >= 11 is 0. The molecule has 34 nitrogen and oxygen atoms in total. The Hall–Kier alpha value is -15.8. The Bertz CT molecular complexity index is 8280. The van der Waals surface area contributed by atoms with Crippen molar-refractivity contribution in [2.45, 2.75) is 229 Å². The van der Waals surface area contributed by atoms with Gasteiger partial charge in [-0.1, -0.05) is 156 Å². The van der Waals surface area contributed by atoms with Gasteiger partial charge in [-0.2, -0.15) is 13.2 Å². The highest BCUT2D eigenvalue weighted by Crippen LogP contribution is 2.46. The summed E-state index contributed by atoms with van der Waals surface area (Å²) in [6.07, 6.45) is 7.82. The predicted octanol–water partition coefficient (Wildman–Crippen LogP) is 12.7. The summed E-state index contributed by atoms with van der Waals surface area (Å²) in [5, 5.41) is 101. The molecule has 0 amide bonds. The van der Waals surface area contributed by atoms with Gasteiger partial charge in [0.05, 0.1) is 0 Å². The minimum Gasteiger partial charge on any atom is -0.421 e. The summed E-state index contributed by atoms with van der Waals surface area (Å²) in [5.41, 5.74) is 8.11. The highest BCUT2D eigenvalue weighted by molar-refractivity contribution is 5.91. The first-order valence-corrected chi connectivity index (χ1v) is 46.7. The van der Waals surface area contributed by atoms with Crippen molar-refractivity contribution in [2.24, 2.45) is 41.2 Å². The van der Waals surface area contributed by atoms with Crippen molar-refractivity contribution in [3.8, 4) is 59.2 Å². The Balaban J connectivity index is 0.000000137. The van der Waals surface area contributed by atoms with Gasteiger partial charge >= 0.3 is 6.18 Å². The molecule has 19 rings (SSSR count). The van der Waals surface area contributed by atoms with Gasteiger partial charge < -0.3 is 79.5 Å². The monoisotopic (exact) mass is 1970 g/mol. The Morgan fingerprint density at radius 1 is 0.393 bits per heavy atom. The second-order valence-electron chi connectivity index (χ2n) is 38.6. The first kappa shape index (κ1) is 104. The SMILES string of the molecule is CC1=C(c2nnc(C(C)C)o2)c2c(C#CC(C)(C)O)cn(C)c(=O)c2C1.CC1=C(c2nnc(C(C)C)o2)c2c(C#C[C@@](C)(O)c3cc(C)on3)cn(C)c(=O)c2C1.CC1=C(c2nnc(C)o2)c2c(C#CC(C)(O)C3CC3)cn(C)c(=O)c2C1.CC1=C(c2nnc(C)o2)c2c(C#C[C@@](C)(O)c3cc(C)on3)cn(C)c(=O)c2C1.CCc1nnc(C2=C(C)Cc3c2c(C#CC(O)(c2ccccc2)C(F)(F)F)cn(C)c3=O)o1. The maximum Gasteiger partial charge on any atom is 0.433 e. The third-order valence-corrected chi connectivity index (χ3v) is 25.2. The molecule has 13 aromatic rings. The lowest BCUT2D eigenvalue weighted by molar-refractivity contribution is -0.240. The van der Waals surface area contributed by atoms with Crippen LogP contribution in [0, 0.1) is 92.8 Å². The molecule has 4 atom stereocenters. The second kappa shape index (κ2) is 39.8. The molecule has 0 bridgehead atoms. The molecule has 0 radical (unpaired) electrons. The highest BCUT2D eigenvalue weighted by atomic mass is 19.4. The molecule has 6 aliphatic carbocycles. The fourth-order valence-electron chi connectivity index (χ4n) is 17.4. The van der Waals surface area contributed by atoms with E-state index in [4.69, 9.17) is 31.1 Å². The van der Waals surface area contributed by atoms with E-state index in [9.17, 15) is 62.7 Å². The lowest BCUT2D eigenvalue weighted by Crippen LogP contribution is -2.41. The van der Waals surface area contributed by atoms with Crippen LogP contribution in [0.5, 0.6) is 0 Å². The van der Waals surface area contributed by atoms with Crippen LogP contribution < -0.4 is 27.8 Å². The molecule has 145 heavy (non-hydrogen) atoms. The molecular formula is C108H108F3N17O17. The number of aliphatic hydroxyl groups is 5. The molecule has 748 valence electrons. The minimum atomic E-state index is -5.05. The molecule has 2 unspecified atom stereocenters. The van der Waals surface area contributed by atoms with Gasteiger partial charge in [0.2, 0.25) is 64.5 Å². The van der Waals surface area contributed by atoms with Gasteiger partial charge in [-0.05, 0) is 108 Å². The van der Waals surface area contributed by atoms with E-state index in [0.29, 0.717) is 180 Å². The maximum absolute atomic E-state index is 13.9. The summed E-state index contributed by atoms with van der Waals surface area (Å²) in [6.45, 7) is 34.4. The number of rotatable bonds is 12. The predicted molar refractivity (Wildman–Crippen MR) is 526 cm³/mol. The fraction of sp³-hybridized carbons (Fsp3) is 0.380. The van der Waals surface area contributed by atoms with Crippen molar-refractivity contribution < 1.29 is 69.8 Å². The highest BCUT2D eigenvalue weighted by Gasteiger charge is 2.55. The number of nitrogens with zero attached hydrogens (tertiary/aromatic N) is 17. The van der Waals surface area contributed by atoms with Gasteiger partial charge in [0, 0.05) is 259 Å². The molecular weight excluding hydrogens is 1860 g/mol. The summed E-state index contributed by atoms with van der Waals surface area (Å²) < 4.78 is 87.8. The van der Waals surface area contributed by atoms with Crippen molar-refractivity contribution in [1.29, 1.82) is 0 Å². The molecule has 1 aromatic carbocycles. The molecule has 12 heterocycles. The number of halogens is 3. The fourth-order valence-corrected chi connectivity index (χ4v) is 17.4. The van der Waals surface area contributed by atoms with E-state index in [1.807, 2.05) is 68.2 Å². The number of pyridine rings is 5. The van der Waals surface area contributed by atoms with Crippen molar-refractivity contribution in [3.05, 3.63) is 324 Å². The lowest BCUT2D eigenvalue weighted by atomic mass is 9.92. The zero-order chi connectivity index (χ0) is 105. The van der Waals surface area contributed by atoms with Crippen molar-refractivity contribution >= 4 is 27.9 Å². The molecule has 12 aromatic heterocycles. The molecule has 0 saturated heterocycles. The zero-order valence-corrected chi connectivity index (χ0v) is 84.7. The third-order valence-electron chi connectivity index (χ3n) is 25.2. The second-order valence-corrected chi connectivity index (χ2v) is 38.6. The van der Waals surface area contributed by atoms with Crippen LogP contribution in [-0.2, 0) is 90.6 Å². The molecule has 5 N–H and O–H groups in total. The van der Waals surface area contributed by atoms with Gasteiger partial charge in [0.25, 0.3) is 27.8 Å². The van der Waals surface area contributed by atoms with Crippen LogP contribution in [-0.4, -0.2) is 127 Å². The minimum absolute atomic E-state index is 0.0508. The molecule has 37 heteroatoms. The van der Waals surface area contributed by atoms with E-state index in [1.54, 1.807) is 145 Å². The van der Waals surface area contributed by atoms with Crippen LogP contribution in [0.3, 0.4) is 0 Å². The van der Waals surface area contributed by atoms with Gasteiger partial charge in [0.15, 0.2) is 11.2 Å². The van der Waals surface area contributed by atoms with Gasteiger partial charge in [-0.15, -0.1) is 51.0 Å². The third kappa shape index (κ3) is 21.1. The Morgan fingerprint density at radius 3 is 0.959 bits per heavy atom. The van der Waals surface area contributed by atoms with E-state index in [2.05, 4.69) is 115 Å². The molecule has 6 aliphatic rings. The average Bonchev–Trinajstić information content (AvgIpc) is 1.63. The summed E-state index contributed by atoms with van der Waals surface area (Å²) in [7, 11) is 8.28.